The second-order valence-electron chi connectivity index (χ2n) is 4.08. The summed E-state index contributed by atoms with van der Waals surface area (Å²) in [6.07, 6.45) is 4.95. The standard InChI is InChI=1S/C14H15NO2/c1-10-2-4-12(5-3-10)15-9-11-8-13(16)6-7-14(11)17/h2-9,13-14,16-17H,1H3. The van der Waals surface area contributed by atoms with Gasteiger partial charge >= 0.3 is 0 Å². The lowest BCUT2D eigenvalue weighted by molar-refractivity contribution is 0.236. The van der Waals surface area contributed by atoms with Crippen LogP contribution >= 0.6 is 0 Å². The Hall–Kier alpha value is -1.71. The molecule has 3 heteroatoms. The highest BCUT2D eigenvalue weighted by molar-refractivity contribution is 5.83. The predicted octanol–water partition coefficient (Wildman–Crippen LogP) is 1.92. The Labute approximate surface area is 100 Å². The lowest BCUT2D eigenvalue weighted by Gasteiger charge is -2.13. The number of benzene rings is 1. The molecule has 1 aliphatic carbocycles. The highest BCUT2D eigenvalue weighted by Crippen LogP contribution is 2.15. The van der Waals surface area contributed by atoms with Gasteiger partial charge < -0.3 is 10.2 Å². The first-order valence-electron chi connectivity index (χ1n) is 5.52. The Bertz CT molecular complexity index is 472. The molecule has 2 unspecified atom stereocenters. The van der Waals surface area contributed by atoms with E-state index in [1.54, 1.807) is 24.4 Å². The molecule has 0 radical (unpaired) electrons. The number of hydrogen-bond acceptors (Lipinski definition) is 3. The molecular formula is C14H15NO2. The van der Waals surface area contributed by atoms with E-state index >= 15 is 0 Å². The SMILES string of the molecule is Cc1ccc(N=CC2=CC(O)C=CC2O)cc1. The van der Waals surface area contributed by atoms with Gasteiger partial charge in [0.15, 0.2) is 0 Å². The molecule has 0 saturated heterocycles. The third-order valence-electron chi connectivity index (χ3n) is 2.59. The van der Waals surface area contributed by atoms with E-state index in [2.05, 4.69) is 4.99 Å². The number of rotatable bonds is 2. The van der Waals surface area contributed by atoms with Gasteiger partial charge in [-0.2, -0.15) is 0 Å². The van der Waals surface area contributed by atoms with Crippen LogP contribution in [0.5, 0.6) is 0 Å². The zero-order chi connectivity index (χ0) is 12.3. The zero-order valence-electron chi connectivity index (χ0n) is 9.62. The summed E-state index contributed by atoms with van der Waals surface area (Å²) in [5, 5.41) is 19.0. The molecule has 1 aliphatic rings. The highest BCUT2D eigenvalue weighted by atomic mass is 16.3. The van der Waals surface area contributed by atoms with Gasteiger partial charge in [-0.05, 0) is 25.1 Å². The lowest BCUT2D eigenvalue weighted by Crippen LogP contribution is -2.16. The van der Waals surface area contributed by atoms with Crippen LogP contribution in [0, 0.1) is 6.92 Å². The van der Waals surface area contributed by atoms with Crippen molar-refractivity contribution in [3.05, 3.63) is 53.6 Å². The molecule has 2 N–H and O–H groups in total. The molecule has 0 aromatic heterocycles. The Morgan fingerprint density at radius 2 is 1.82 bits per heavy atom. The van der Waals surface area contributed by atoms with Crippen molar-refractivity contribution in [3.8, 4) is 0 Å². The quantitative estimate of drug-likeness (QED) is 0.601. The van der Waals surface area contributed by atoms with Gasteiger partial charge in [-0.3, -0.25) is 4.99 Å². The summed E-state index contributed by atoms with van der Waals surface area (Å²) in [5.74, 6) is 0. The number of aryl methyl sites for hydroxylation is 1. The highest BCUT2D eigenvalue weighted by Gasteiger charge is 2.12. The minimum absolute atomic E-state index is 0.612. The van der Waals surface area contributed by atoms with E-state index in [0.717, 1.165) is 5.69 Å². The minimum Gasteiger partial charge on any atom is -0.385 e. The molecule has 2 rings (SSSR count). The van der Waals surface area contributed by atoms with Gasteiger partial charge in [0, 0.05) is 11.8 Å². The molecule has 0 aliphatic heterocycles. The van der Waals surface area contributed by atoms with Gasteiger partial charge in [0.05, 0.1) is 17.9 Å². The molecule has 0 saturated carbocycles. The zero-order valence-corrected chi connectivity index (χ0v) is 9.62. The molecule has 0 bridgehead atoms. The van der Waals surface area contributed by atoms with Gasteiger partial charge in [0.25, 0.3) is 0 Å². The molecule has 0 heterocycles. The Balaban J connectivity index is 2.13. The fourth-order valence-electron chi connectivity index (χ4n) is 1.58. The topological polar surface area (TPSA) is 52.8 Å². The number of aliphatic hydroxyl groups excluding tert-OH is 2. The first kappa shape index (κ1) is 11.8. The second-order valence-corrected chi connectivity index (χ2v) is 4.08. The van der Waals surface area contributed by atoms with E-state index in [1.807, 2.05) is 31.2 Å². The first-order valence-corrected chi connectivity index (χ1v) is 5.52. The van der Waals surface area contributed by atoms with Crippen molar-refractivity contribution in [1.29, 1.82) is 0 Å². The molecule has 1 aromatic carbocycles. The summed E-state index contributed by atoms with van der Waals surface area (Å²) >= 11 is 0. The van der Waals surface area contributed by atoms with Crippen molar-refractivity contribution in [1.82, 2.24) is 0 Å². The first-order chi connectivity index (χ1) is 8.15. The lowest BCUT2D eigenvalue weighted by atomic mass is 10.0. The molecule has 88 valence electrons. The number of aliphatic hydroxyl groups is 2. The predicted molar refractivity (Wildman–Crippen MR) is 68.6 cm³/mol. The minimum atomic E-state index is -0.687. The molecule has 0 spiro atoms. The van der Waals surface area contributed by atoms with Crippen molar-refractivity contribution in [3.63, 3.8) is 0 Å². The van der Waals surface area contributed by atoms with Crippen molar-refractivity contribution in [2.24, 2.45) is 4.99 Å². The van der Waals surface area contributed by atoms with Crippen LogP contribution in [0.1, 0.15) is 5.56 Å². The molecule has 17 heavy (non-hydrogen) atoms. The fourth-order valence-corrected chi connectivity index (χ4v) is 1.58. The molecule has 0 fully saturated rings. The van der Waals surface area contributed by atoms with Crippen LogP contribution in [0.4, 0.5) is 5.69 Å². The van der Waals surface area contributed by atoms with Crippen molar-refractivity contribution in [2.45, 2.75) is 19.1 Å². The summed E-state index contributed by atoms with van der Waals surface area (Å²) in [6.45, 7) is 2.02. The monoisotopic (exact) mass is 229 g/mol. The van der Waals surface area contributed by atoms with Gasteiger partial charge in [-0.25, -0.2) is 0 Å². The number of aliphatic imine (C=N–C) groups is 1. The van der Waals surface area contributed by atoms with Crippen LogP contribution in [-0.4, -0.2) is 28.6 Å². The molecule has 0 amide bonds. The summed E-state index contributed by atoms with van der Waals surface area (Å²) < 4.78 is 0. The second kappa shape index (κ2) is 5.08. The van der Waals surface area contributed by atoms with Gasteiger partial charge in [-0.1, -0.05) is 29.8 Å². The molecule has 3 nitrogen and oxygen atoms in total. The molecular weight excluding hydrogens is 214 g/mol. The van der Waals surface area contributed by atoms with Crippen LogP contribution < -0.4 is 0 Å². The normalized spacial score (nSPS) is 24.1. The maximum absolute atomic E-state index is 9.65. The Kier molecular flexibility index (Phi) is 3.52. The molecule has 1 aromatic rings. The van der Waals surface area contributed by atoms with E-state index in [1.165, 1.54) is 5.56 Å². The van der Waals surface area contributed by atoms with Crippen LogP contribution in [0.2, 0.25) is 0 Å². The fraction of sp³-hybridized carbons (Fsp3) is 0.214. The van der Waals surface area contributed by atoms with E-state index in [-0.39, 0.29) is 0 Å². The van der Waals surface area contributed by atoms with E-state index in [9.17, 15) is 10.2 Å². The van der Waals surface area contributed by atoms with E-state index < -0.39 is 12.2 Å². The maximum atomic E-state index is 9.65. The largest absolute Gasteiger partial charge is 0.385 e. The summed E-state index contributed by atoms with van der Waals surface area (Å²) in [7, 11) is 0. The average Bonchev–Trinajstić information content (AvgIpc) is 2.32. The van der Waals surface area contributed by atoms with Crippen LogP contribution in [0.25, 0.3) is 0 Å². The third-order valence-corrected chi connectivity index (χ3v) is 2.59. The van der Waals surface area contributed by atoms with Crippen molar-refractivity contribution >= 4 is 11.9 Å². The van der Waals surface area contributed by atoms with Crippen LogP contribution in [-0.2, 0) is 0 Å². The smallest absolute Gasteiger partial charge is 0.0985 e. The van der Waals surface area contributed by atoms with Gasteiger partial charge in [-0.15, -0.1) is 0 Å². The number of hydrogen-bond donors (Lipinski definition) is 2. The van der Waals surface area contributed by atoms with Crippen LogP contribution in [0.15, 0.2) is 53.1 Å². The summed E-state index contributed by atoms with van der Waals surface area (Å²) in [4.78, 5) is 4.26. The summed E-state index contributed by atoms with van der Waals surface area (Å²) in [6, 6.07) is 7.78. The van der Waals surface area contributed by atoms with Gasteiger partial charge in [0.1, 0.15) is 0 Å². The van der Waals surface area contributed by atoms with Crippen molar-refractivity contribution in [2.75, 3.05) is 0 Å². The van der Waals surface area contributed by atoms with E-state index in [4.69, 9.17) is 0 Å². The maximum Gasteiger partial charge on any atom is 0.0985 e. The average molecular weight is 229 g/mol. The van der Waals surface area contributed by atoms with E-state index in [0.29, 0.717) is 5.57 Å². The third kappa shape index (κ3) is 3.12. The Morgan fingerprint density at radius 3 is 2.53 bits per heavy atom. The Morgan fingerprint density at radius 1 is 1.12 bits per heavy atom. The number of nitrogens with zero attached hydrogens (tertiary/aromatic N) is 1. The molecule has 2 atom stereocenters. The van der Waals surface area contributed by atoms with Crippen molar-refractivity contribution < 1.29 is 10.2 Å². The van der Waals surface area contributed by atoms with Gasteiger partial charge in [0.2, 0.25) is 0 Å². The van der Waals surface area contributed by atoms with Crippen LogP contribution in [0.3, 0.4) is 0 Å². The summed E-state index contributed by atoms with van der Waals surface area (Å²) in [5.41, 5.74) is 2.62.